The SMILES string of the molecule is CC1CC(=CC(=O)O)C1. The Labute approximate surface area is 54.2 Å². The van der Waals surface area contributed by atoms with Gasteiger partial charge in [0, 0.05) is 6.08 Å². The van der Waals surface area contributed by atoms with Crippen LogP contribution in [0.5, 0.6) is 0 Å². The van der Waals surface area contributed by atoms with E-state index < -0.39 is 5.97 Å². The van der Waals surface area contributed by atoms with Crippen LogP contribution in [0.2, 0.25) is 0 Å². The van der Waals surface area contributed by atoms with Gasteiger partial charge in [0.2, 0.25) is 0 Å². The summed E-state index contributed by atoms with van der Waals surface area (Å²) in [6.45, 7) is 2.12. The van der Waals surface area contributed by atoms with Gasteiger partial charge in [0.15, 0.2) is 0 Å². The molecule has 0 aromatic heterocycles. The first-order valence-corrected chi connectivity index (χ1v) is 3.11. The van der Waals surface area contributed by atoms with Gasteiger partial charge in [-0.25, -0.2) is 4.79 Å². The third-order valence-corrected chi connectivity index (χ3v) is 1.55. The molecule has 0 aromatic carbocycles. The highest BCUT2D eigenvalue weighted by molar-refractivity contribution is 5.80. The standard InChI is InChI=1S/C7H10O2/c1-5-2-6(3-5)4-7(8)9/h4-5H,2-3H2,1H3,(H,8,9). The Kier molecular flexibility index (Phi) is 1.56. The molecule has 1 rings (SSSR count). The fraction of sp³-hybridized carbons (Fsp3) is 0.571. The predicted molar refractivity (Wildman–Crippen MR) is 34.1 cm³/mol. The van der Waals surface area contributed by atoms with Crippen LogP contribution in [0, 0.1) is 5.92 Å². The van der Waals surface area contributed by atoms with Gasteiger partial charge in [-0.2, -0.15) is 0 Å². The molecule has 0 unspecified atom stereocenters. The van der Waals surface area contributed by atoms with Gasteiger partial charge >= 0.3 is 5.97 Å². The number of allylic oxidation sites excluding steroid dienone is 1. The molecule has 0 atom stereocenters. The Bertz CT molecular complexity index is 150. The van der Waals surface area contributed by atoms with Crippen molar-refractivity contribution in [3.05, 3.63) is 11.6 Å². The lowest BCUT2D eigenvalue weighted by molar-refractivity contribution is -0.131. The Hall–Kier alpha value is -0.790. The maximum absolute atomic E-state index is 10.0. The first-order chi connectivity index (χ1) is 4.18. The minimum absolute atomic E-state index is 0.704. The largest absolute Gasteiger partial charge is 0.478 e. The molecule has 0 heterocycles. The fourth-order valence-corrected chi connectivity index (χ4v) is 1.13. The van der Waals surface area contributed by atoms with E-state index in [0.29, 0.717) is 5.92 Å². The summed E-state index contributed by atoms with van der Waals surface area (Å²) < 4.78 is 0. The van der Waals surface area contributed by atoms with Gasteiger partial charge in [0.25, 0.3) is 0 Å². The van der Waals surface area contributed by atoms with Gasteiger partial charge in [-0.15, -0.1) is 0 Å². The molecule has 0 aromatic rings. The second-order valence-electron chi connectivity index (χ2n) is 2.65. The van der Waals surface area contributed by atoms with Crippen LogP contribution in [-0.4, -0.2) is 11.1 Å². The summed E-state index contributed by atoms with van der Waals surface area (Å²) in [5.74, 6) is -0.104. The molecule has 1 aliphatic carbocycles. The summed E-state index contributed by atoms with van der Waals surface area (Å²) >= 11 is 0. The van der Waals surface area contributed by atoms with E-state index in [1.54, 1.807) is 0 Å². The lowest BCUT2D eigenvalue weighted by Crippen LogP contribution is -2.11. The normalized spacial score (nSPS) is 25.0. The van der Waals surface area contributed by atoms with Crippen molar-refractivity contribution in [2.24, 2.45) is 5.92 Å². The summed E-state index contributed by atoms with van der Waals surface area (Å²) in [6.07, 6.45) is 3.28. The van der Waals surface area contributed by atoms with Crippen molar-refractivity contribution in [1.29, 1.82) is 0 Å². The number of aliphatic carboxylic acids is 1. The highest BCUT2D eigenvalue weighted by Gasteiger charge is 2.18. The van der Waals surface area contributed by atoms with Crippen molar-refractivity contribution in [2.75, 3.05) is 0 Å². The van der Waals surface area contributed by atoms with Gasteiger partial charge in [0.05, 0.1) is 0 Å². The number of carboxylic acid groups (broad SMARTS) is 1. The van der Waals surface area contributed by atoms with Crippen molar-refractivity contribution < 1.29 is 9.90 Å². The highest BCUT2D eigenvalue weighted by Crippen LogP contribution is 2.31. The Balaban J connectivity index is 2.39. The molecule has 0 spiro atoms. The fourth-order valence-electron chi connectivity index (χ4n) is 1.13. The first-order valence-electron chi connectivity index (χ1n) is 3.11. The van der Waals surface area contributed by atoms with Crippen LogP contribution in [0.25, 0.3) is 0 Å². The molecule has 1 saturated carbocycles. The van der Waals surface area contributed by atoms with Crippen LogP contribution in [-0.2, 0) is 4.79 Å². The van der Waals surface area contributed by atoms with Gasteiger partial charge < -0.3 is 5.11 Å². The molecular weight excluding hydrogens is 116 g/mol. The van der Waals surface area contributed by atoms with Crippen molar-refractivity contribution in [2.45, 2.75) is 19.8 Å². The number of carboxylic acids is 1. The van der Waals surface area contributed by atoms with Crippen LogP contribution in [0.4, 0.5) is 0 Å². The zero-order chi connectivity index (χ0) is 6.85. The second kappa shape index (κ2) is 2.21. The highest BCUT2D eigenvalue weighted by atomic mass is 16.4. The monoisotopic (exact) mass is 126 g/mol. The Morgan fingerprint density at radius 2 is 2.33 bits per heavy atom. The summed E-state index contributed by atoms with van der Waals surface area (Å²) in [6, 6.07) is 0. The molecule has 2 nitrogen and oxygen atoms in total. The van der Waals surface area contributed by atoms with Gasteiger partial charge in [-0.3, -0.25) is 0 Å². The average Bonchev–Trinajstić information content (AvgIpc) is 1.60. The molecule has 1 fully saturated rings. The molecule has 1 N–H and O–H groups in total. The van der Waals surface area contributed by atoms with E-state index in [-0.39, 0.29) is 0 Å². The zero-order valence-electron chi connectivity index (χ0n) is 5.42. The molecule has 1 aliphatic rings. The van der Waals surface area contributed by atoms with E-state index >= 15 is 0 Å². The molecule has 0 amide bonds. The van der Waals surface area contributed by atoms with Crippen LogP contribution >= 0.6 is 0 Å². The summed E-state index contributed by atoms with van der Waals surface area (Å²) in [5, 5.41) is 8.26. The zero-order valence-corrected chi connectivity index (χ0v) is 5.42. The van der Waals surface area contributed by atoms with Crippen LogP contribution in [0.1, 0.15) is 19.8 Å². The van der Waals surface area contributed by atoms with E-state index in [2.05, 4.69) is 6.92 Å². The van der Waals surface area contributed by atoms with Gasteiger partial charge in [0.1, 0.15) is 0 Å². The minimum atomic E-state index is -0.808. The molecule has 0 saturated heterocycles. The van der Waals surface area contributed by atoms with E-state index in [0.717, 1.165) is 18.4 Å². The molecule has 2 heteroatoms. The topological polar surface area (TPSA) is 37.3 Å². The van der Waals surface area contributed by atoms with E-state index in [4.69, 9.17) is 5.11 Å². The number of rotatable bonds is 1. The number of hydrogen-bond donors (Lipinski definition) is 1. The average molecular weight is 126 g/mol. The van der Waals surface area contributed by atoms with E-state index in [1.165, 1.54) is 6.08 Å². The van der Waals surface area contributed by atoms with Crippen molar-refractivity contribution in [1.82, 2.24) is 0 Å². The number of hydrogen-bond acceptors (Lipinski definition) is 1. The van der Waals surface area contributed by atoms with Crippen molar-refractivity contribution in [3.8, 4) is 0 Å². The summed E-state index contributed by atoms with van der Waals surface area (Å²) in [7, 11) is 0. The third kappa shape index (κ3) is 1.56. The van der Waals surface area contributed by atoms with Crippen molar-refractivity contribution >= 4 is 5.97 Å². The van der Waals surface area contributed by atoms with E-state index in [9.17, 15) is 4.79 Å². The van der Waals surface area contributed by atoms with Crippen LogP contribution in [0.15, 0.2) is 11.6 Å². The maximum Gasteiger partial charge on any atom is 0.328 e. The summed E-state index contributed by atoms with van der Waals surface area (Å²) in [4.78, 5) is 10.0. The number of carbonyl (C=O) groups is 1. The quantitative estimate of drug-likeness (QED) is 0.539. The molecule has 9 heavy (non-hydrogen) atoms. The molecule has 0 radical (unpaired) electrons. The predicted octanol–water partition coefficient (Wildman–Crippen LogP) is 1.43. The van der Waals surface area contributed by atoms with Gasteiger partial charge in [-0.05, 0) is 18.8 Å². The van der Waals surface area contributed by atoms with Gasteiger partial charge in [-0.1, -0.05) is 12.5 Å². The van der Waals surface area contributed by atoms with Crippen LogP contribution < -0.4 is 0 Å². The second-order valence-corrected chi connectivity index (χ2v) is 2.65. The Morgan fingerprint density at radius 3 is 2.67 bits per heavy atom. The molecule has 50 valence electrons. The Morgan fingerprint density at radius 1 is 1.78 bits per heavy atom. The maximum atomic E-state index is 10.0. The van der Waals surface area contributed by atoms with Crippen molar-refractivity contribution in [3.63, 3.8) is 0 Å². The van der Waals surface area contributed by atoms with E-state index in [1.807, 2.05) is 0 Å². The minimum Gasteiger partial charge on any atom is -0.478 e. The third-order valence-electron chi connectivity index (χ3n) is 1.55. The summed E-state index contributed by atoms with van der Waals surface area (Å²) in [5.41, 5.74) is 1.08. The lowest BCUT2D eigenvalue weighted by Gasteiger charge is -2.24. The lowest BCUT2D eigenvalue weighted by atomic mass is 9.81. The van der Waals surface area contributed by atoms with Crippen LogP contribution in [0.3, 0.4) is 0 Å². The molecule has 0 bridgehead atoms. The smallest absolute Gasteiger partial charge is 0.328 e. The first kappa shape index (κ1) is 6.33. The molecule has 0 aliphatic heterocycles. The molecular formula is C7H10O2.